The Morgan fingerprint density at radius 1 is 1.20 bits per heavy atom. The van der Waals surface area contributed by atoms with E-state index in [1.165, 1.54) is 30.3 Å². The van der Waals surface area contributed by atoms with Gasteiger partial charge in [0.2, 0.25) is 19.3 Å². The lowest BCUT2D eigenvalue weighted by Gasteiger charge is -2.12. The number of benzene rings is 2. The van der Waals surface area contributed by atoms with E-state index in [4.69, 9.17) is 21.1 Å². The molecule has 0 spiro atoms. The fourth-order valence-corrected chi connectivity index (χ4v) is 4.36. The molecule has 1 amide bonds. The van der Waals surface area contributed by atoms with Crippen LogP contribution in [0.2, 0.25) is 5.02 Å². The van der Waals surface area contributed by atoms with Crippen LogP contribution in [0.25, 0.3) is 6.08 Å². The molecule has 0 aliphatic carbocycles. The molecule has 3 aromatic rings. The van der Waals surface area contributed by atoms with Crippen LogP contribution < -0.4 is 14.8 Å². The van der Waals surface area contributed by atoms with Gasteiger partial charge in [0.1, 0.15) is 11.6 Å². The van der Waals surface area contributed by atoms with Gasteiger partial charge in [-0.25, -0.2) is 13.2 Å². The van der Waals surface area contributed by atoms with Gasteiger partial charge in [-0.05, 0) is 42.8 Å². The van der Waals surface area contributed by atoms with Crippen molar-refractivity contribution in [2.45, 2.75) is 11.3 Å². The van der Waals surface area contributed by atoms with Gasteiger partial charge in [-0.3, -0.25) is 10.1 Å². The molecule has 0 aliphatic rings. The number of carbonyl (C=O) groups excluding carboxylic acids is 2. The molecule has 10 nitrogen and oxygen atoms in total. The summed E-state index contributed by atoms with van der Waals surface area (Å²) in [5.41, 5.74) is 0.302. The Morgan fingerprint density at radius 2 is 1.94 bits per heavy atom. The monoisotopic (exact) mass is 532 g/mol. The number of anilines is 1. The SMILES string of the molecule is CCOc1cc(/C=C(/C#N)C(=O)Nc2nnc(S(C)(=O)=O)s2)ccc1OC(=O)c1ccccc1Cl. The van der Waals surface area contributed by atoms with Gasteiger partial charge in [-0.1, -0.05) is 41.1 Å². The summed E-state index contributed by atoms with van der Waals surface area (Å²) in [5.74, 6) is -1.15. The molecule has 0 fully saturated rings. The molecular weight excluding hydrogens is 516 g/mol. The van der Waals surface area contributed by atoms with E-state index in [2.05, 4.69) is 15.5 Å². The predicted molar refractivity (Wildman–Crippen MR) is 129 cm³/mol. The Labute approximate surface area is 209 Å². The molecule has 0 unspecified atom stereocenters. The summed E-state index contributed by atoms with van der Waals surface area (Å²) in [7, 11) is -3.58. The van der Waals surface area contributed by atoms with E-state index >= 15 is 0 Å². The normalized spacial score (nSPS) is 11.4. The third-order valence-electron chi connectivity index (χ3n) is 4.18. The Balaban J connectivity index is 1.83. The van der Waals surface area contributed by atoms with E-state index in [1.54, 1.807) is 31.2 Å². The fraction of sp³-hybridized carbons (Fsp3) is 0.136. The first kappa shape index (κ1) is 25.8. The largest absolute Gasteiger partial charge is 0.490 e. The average Bonchev–Trinajstić information content (AvgIpc) is 3.28. The van der Waals surface area contributed by atoms with Gasteiger partial charge in [0.05, 0.1) is 17.2 Å². The zero-order valence-electron chi connectivity index (χ0n) is 18.3. The van der Waals surface area contributed by atoms with E-state index in [0.717, 1.165) is 6.26 Å². The zero-order valence-corrected chi connectivity index (χ0v) is 20.7. The maximum atomic E-state index is 12.5. The minimum Gasteiger partial charge on any atom is -0.490 e. The first-order valence-corrected chi connectivity index (χ1v) is 12.9. The molecule has 180 valence electrons. The lowest BCUT2D eigenvalue weighted by atomic mass is 10.1. The molecule has 2 aromatic carbocycles. The highest BCUT2D eigenvalue weighted by atomic mass is 35.5. The van der Waals surface area contributed by atoms with Crippen LogP contribution in [0.4, 0.5) is 5.13 Å². The minimum absolute atomic E-state index is 0.0755. The van der Waals surface area contributed by atoms with Crippen LogP contribution in [0.15, 0.2) is 52.4 Å². The van der Waals surface area contributed by atoms with Crippen LogP contribution >= 0.6 is 22.9 Å². The Morgan fingerprint density at radius 3 is 2.57 bits per heavy atom. The fourth-order valence-electron chi connectivity index (χ4n) is 2.64. The number of esters is 1. The second-order valence-electron chi connectivity index (χ2n) is 6.78. The molecule has 0 atom stereocenters. The second kappa shape index (κ2) is 11.1. The van der Waals surface area contributed by atoms with Crippen LogP contribution in [0.3, 0.4) is 0 Å². The highest BCUT2D eigenvalue weighted by Crippen LogP contribution is 2.31. The molecule has 0 radical (unpaired) electrons. The molecule has 0 bridgehead atoms. The Kier molecular flexibility index (Phi) is 8.18. The van der Waals surface area contributed by atoms with Gasteiger partial charge in [0, 0.05) is 6.26 Å². The number of hydrogen-bond donors (Lipinski definition) is 1. The van der Waals surface area contributed by atoms with Gasteiger partial charge in [-0.2, -0.15) is 5.26 Å². The van der Waals surface area contributed by atoms with Crippen molar-refractivity contribution in [3.8, 4) is 17.6 Å². The van der Waals surface area contributed by atoms with E-state index in [9.17, 15) is 23.3 Å². The predicted octanol–water partition coefficient (Wildman–Crippen LogP) is 3.76. The van der Waals surface area contributed by atoms with Gasteiger partial charge in [0.15, 0.2) is 11.5 Å². The van der Waals surface area contributed by atoms with Crippen molar-refractivity contribution >= 4 is 55.9 Å². The molecule has 1 heterocycles. The molecule has 1 aromatic heterocycles. The number of nitriles is 1. The number of halogens is 1. The summed E-state index contributed by atoms with van der Waals surface area (Å²) >= 11 is 6.71. The molecule has 3 rings (SSSR count). The second-order valence-corrected chi connectivity index (χ2v) is 10.4. The number of nitrogens with zero attached hydrogens (tertiary/aromatic N) is 3. The molecule has 1 N–H and O–H groups in total. The number of hydrogen-bond acceptors (Lipinski definition) is 10. The van der Waals surface area contributed by atoms with Crippen LogP contribution in [-0.4, -0.2) is 43.4 Å². The first-order chi connectivity index (χ1) is 16.6. The summed E-state index contributed by atoms with van der Waals surface area (Å²) in [4.78, 5) is 25.0. The zero-order chi connectivity index (χ0) is 25.6. The van der Waals surface area contributed by atoms with Crippen molar-refractivity contribution < 1.29 is 27.5 Å². The smallest absolute Gasteiger partial charge is 0.345 e. The highest BCUT2D eigenvalue weighted by Gasteiger charge is 2.19. The molecule has 13 heteroatoms. The number of amides is 1. The quantitative estimate of drug-likeness (QED) is 0.150. The van der Waals surface area contributed by atoms with E-state index < -0.39 is 21.7 Å². The summed E-state index contributed by atoms with van der Waals surface area (Å²) in [5, 5.41) is 19.0. The minimum atomic E-state index is -3.58. The molecule has 0 aliphatic heterocycles. The Bertz CT molecular complexity index is 1460. The van der Waals surface area contributed by atoms with Crippen molar-refractivity contribution in [2.24, 2.45) is 0 Å². The third kappa shape index (κ3) is 6.63. The summed E-state index contributed by atoms with van der Waals surface area (Å²) in [6.45, 7) is 2.00. The number of sulfone groups is 1. The number of carbonyl (C=O) groups is 2. The van der Waals surface area contributed by atoms with Crippen molar-refractivity contribution in [1.82, 2.24) is 10.2 Å². The molecular formula is C22H17ClN4O6S2. The lowest BCUT2D eigenvalue weighted by Crippen LogP contribution is -2.13. The standard InChI is InChI=1S/C22H17ClN4O6S2/c1-3-32-18-11-13(8-9-17(18)33-20(29)15-6-4-5-7-16(15)23)10-14(12-24)19(28)25-21-26-27-22(34-21)35(2,30)31/h4-11H,3H2,1-2H3,(H,25,26,28)/b14-10-. The van der Waals surface area contributed by atoms with Crippen molar-refractivity contribution in [1.29, 1.82) is 5.26 Å². The lowest BCUT2D eigenvalue weighted by molar-refractivity contribution is -0.112. The first-order valence-electron chi connectivity index (χ1n) is 9.82. The molecule has 0 saturated carbocycles. The van der Waals surface area contributed by atoms with Crippen molar-refractivity contribution in [3.05, 3.63) is 64.2 Å². The number of ether oxygens (including phenoxy) is 2. The molecule has 0 saturated heterocycles. The van der Waals surface area contributed by atoms with Gasteiger partial charge in [0.25, 0.3) is 5.91 Å². The summed E-state index contributed by atoms with van der Waals surface area (Å²) in [6, 6.07) is 12.7. The van der Waals surface area contributed by atoms with E-state index in [1.807, 2.05) is 0 Å². The summed E-state index contributed by atoms with van der Waals surface area (Å²) in [6.07, 6.45) is 2.25. The van der Waals surface area contributed by atoms with Gasteiger partial charge < -0.3 is 9.47 Å². The topological polar surface area (TPSA) is 148 Å². The number of nitrogens with one attached hydrogen (secondary N) is 1. The van der Waals surface area contributed by atoms with Crippen molar-refractivity contribution in [3.63, 3.8) is 0 Å². The maximum Gasteiger partial charge on any atom is 0.345 e. The Hall–Kier alpha value is -3.79. The van der Waals surface area contributed by atoms with Crippen LogP contribution in [0.5, 0.6) is 11.5 Å². The highest BCUT2D eigenvalue weighted by molar-refractivity contribution is 7.92. The van der Waals surface area contributed by atoms with Crippen molar-refractivity contribution in [2.75, 3.05) is 18.2 Å². The third-order valence-corrected chi connectivity index (χ3v) is 7.02. The van der Waals surface area contributed by atoms with Crippen LogP contribution in [-0.2, 0) is 14.6 Å². The number of aromatic nitrogens is 2. The maximum absolute atomic E-state index is 12.5. The molecule has 35 heavy (non-hydrogen) atoms. The van der Waals surface area contributed by atoms with Crippen LogP contribution in [0.1, 0.15) is 22.8 Å². The number of rotatable bonds is 8. The average molecular weight is 533 g/mol. The van der Waals surface area contributed by atoms with E-state index in [-0.39, 0.29) is 43.7 Å². The van der Waals surface area contributed by atoms with Gasteiger partial charge in [-0.15, -0.1) is 10.2 Å². The van der Waals surface area contributed by atoms with E-state index in [0.29, 0.717) is 16.9 Å². The van der Waals surface area contributed by atoms with Gasteiger partial charge >= 0.3 is 5.97 Å². The van der Waals surface area contributed by atoms with Crippen LogP contribution in [0, 0.1) is 11.3 Å². The summed E-state index contributed by atoms with van der Waals surface area (Å²) < 4.78 is 33.8.